The number of hydrogen-bond donors (Lipinski definition) is 1. The number of carbonyl (C=O) groups excluding carboxylic acids is 2. The van der Waals surface area contributed by atoms with E-state index < -0.39 is 35.5 Å². The molecule has 158 valence electrons. The number of allylic oxidation sites excluding steroid dienone is 2. The molecule has 10 nitrogen and oxygen atoms in total. The number of nitrogens with zero attached hydrogens (tertiary/aromatic N) is 3. The molecular formula is C20H22N4O6. The van der Waals surface area contributed by atoms with Crippen molar-refractivity contribution in [2.75, 3.05) is 12.4 Å². The highest BCUT2D eigenvalue weighted by atomic mass is 16.5. The van der Waals surface area contributed by atoms with Crippen LogP contribution in [0.15, 0.2) is 57.9 Å². The zero-order valence-corrected chi connectivity index (χ0v) is 16.7. The summed E-state index contributed by atoms with van der Waals surface area (Å²) >= 11 is 0. The van der Waals surface area contributed by atoms with Gasteiger partial charge in [0.25, 0.3) is 0 Å². The predicted octanol–water partition coefficient (Wildman–Crippen LogP) is 0.277. The number of amides is 1. The van der Waals surface area contributed by atoms with E-state index in [0.29, 0.717) is 15.8 Å². The lowest BCUT2D eigenvalue weighted by Gasteiger charge is -2.13. The van der Waals surface area contributed by atoms with E-state index in [-0.39, 0.29) is 18.7 Å². The van der Waals surface area contributed by atoms with Crippen LogP contribution in [0, 0.1) is 6.92 Å². The first-order chi connectivity index (χ1) is 14.2. The van der Waals surface area contributed by atoms with Crippen LogP contribution in [-0.2, 0) is 29.2 Å². The fourth-order valence-electron chi connectivity index (χ4n) is 2.72. The van der Waals surface area contributed by atoms with Crippen LogP contribution in [0.1, 0.15) is 15.9 Å². The molecule has 1 aromatic carbocycles. The molecule has 2 aromatic rings. The van der Waals surface area contributed by atoms with Crippen molar-refractivity contribution in [1.82, 2.24) is 13.7 Å². The zero-order chi connectivity index (χ0) is 22.4. The van der Waals surface area contributed by atoms with E-state index in [2.05, 4.69) is 23.2 Å². The van der Waals surface area contributed by atoms with E-state index in [9.17, 15) is 24.0 Å². The number of ether oxygens (including phenoxy) is 1. The Morgan fingerprint density at radius 2 is 1.53 bits per heavy atom. The van der Waals surface area contributed by atoms with Gasteiger partial charge in [0.2, 0.25) is 5.91 Å². The highest BCUT2D eigenvalue weighted by Gasteiger charge is 2.17. The molecule has 0 atom stereocenters. The first kappa shape index (κ1) is 22.3. The lowest BCUT2D eigenvalue weighted by Crippen LogP contribution is -2.55. The van der Waals surface area contributed by atoms with Crippen molar-refractivity contribution in [3.63, 3.8) is 0 Å². The van der Waals surface area contributed by atoms with Crippen LogP contribution in [0.3, 0.4) is 0 Å². The Hall–Kier alpha value is -3.95. The van der Waals surface area contributed by atoms with Crippen molar-refractivity contribution in [3.8, 4) is 0 Å². The van der Waals surface area contributed by atoms with Gasteiger partial charge in [-0.1, -0.05) is 18.2 Å². The minimum atomic E-state index is -0.930. The molecule has 0 aliphatic rings. The number of hydrogen-bond acceptors (Lipinski definition) is 6. The normalized spacial score (nSPS) is 10.3. The van der Waals surface area contributed by atoms with Crippen LogP contribution in [-0.4, -0.2) is 32.7 Å². The molecular weight excluding hydrogens is 392 g/mol. The SMILES string of the molecule is C=CCn1c(=O)n(CC=C)c(=O)n(CC(=O)Nc2cc(C(=O)OC)ccc2C)c1=O. The monoisotopic (exact) mass is 414 g/mol. The molecule has 0 spiro atoms. The van der Waals surface area contributed by atoms with E-state index >= 15 is 0 Å². The molecule has 0 radical (unpaired) electrons. The lowest BCUT2D eigenvalue weighted by molar-refractivity contribution is -0.116. The smallest absolute Gasteiger partial charge is 0.337 e. The standard InChI is InChI=1S/C20H22N4O6/c1-5-9-22-18(27)23(10-6-2)20(29)24(19(22)28)12-16(25)21-15-11-14(17(26)30-4)8-7-13(15)3/h5-8,11H,1-2,9-10,12H2,3-4H3,(H,21,25). The van der Waals surface area contributed by atoms with Crippen LogP contribution in [0.25, 0.3) is 0 Å². The van der Waals surface area contributed by atoms with Crippen molar-refractivity contribution in [1.29, 1.82) is 0 Å². The third-order valence-corrected chi connectivity index (χ3v) is 4.24. The lowest BCUT2D eigenvalue weighted by atomic mass is 10.1. The number of anilines is 1. The van der Waals surface area contributed by atoms with Gasteiger partial charge >= 0.3 is 23.0 Å². The first-order valence-electron chi connectivity index (χ1n) is 8.90. The highest BCUT2D eigenvalue weighted by Crippen LogP contribution is 2.17. The summed E-state index contributed by atoms with van der Waals surface area (Å²) in [6.45, 7) is 7.80. The van der Waals surface area contributed by atoms with Crippen molar-refractivity contribution in [2.24, 2.45) is 0 Å². The van der Waals surface area contributed by atoms with E-state index in [1.165, 1.54) is 25.3 Å². The zero-order valence-electron chi connectivity index (χ0n) is 16.7. The fraction of sp³-hybridized carbons (Fsp3) is 0.250. The molecule has 1 N–H and O–H groups in total. The quantitative estimate of drug-likeness (QED) is 0.489. The summed E-state index contributed by atoms with van der Waals surface area (Å²) in [5, 5.41) is 2.57. The van der Waals surface area contributed by atoms with Gasteiger partial charge in [-0.05, 0) is 24.6 Å². The number of aryl methyl sites for hydroxylation is 1. The van der Waals surface area contributed by atoms with Gasteiger partial charge in [0.05, 0.1) is 25.8 Å². The average molecular weight is 414 g/mol. The van der Waals surface area contributed by atoms with E-state index in [1.807, 2.05) is 0 Å². The predicted molar refractivity (Wildman–Crippen MR) is 111 cm³/mol. The molecule has 0 aliphatic carbocycles. The summed E-state index contributed by atoms with van der Waals surface area (Å²) in [5.41, 5.74) is -1.47. The molecule has 0 saturated carbocycles. The first-order valence-corrected chi connectivity index (χ1v) is 8.90. The van der Waals surface area contributed by atoms with Crippen molar-refractivity contribution in [3.05, 3.63) is 86.1 Å². The Kier molecular flexibility index (Phi) is 7.08. The maximum Gasteiger partial charge on any atom is 0.337 e. The second-order valence-electron chi connectivity index (χ2n) is 6.30. The van der Waals surface area contributed by atoms with Gasteiger partial charge in [-0.25, -0.2) is 32.9 Å². The van der Waals surface area contributed by atoms with Gasteiger partial charge < -0.3 is 10.1 Å². The van der Waals surface area contributed by atoms with Crippen molar-refractivity contribution < 1.29 is 14.3 Å². The molecule has 1 aromatic heterocycles. The van der Waals surface area contributed by atoms with Gasteiger partial charge in [0, 0.05) is 5.69 Å². The molecule has 0 unspecified atom stereocenters. The molecule has 0 fully saturated rings. The number of rotatable bonds is 8. The van der Waals surface area contributed by atoms with Crippen LogP contribution in [0.2, 0.25) is 0 Å². The number of nitrogens with one attached hydrogen (secondary N) is 1. The Labute approximate surface area is 171 Å². The number of benzene rings is 1. The Balaban J connectivity index is 2.44. The summed E-state index contributed by atoms with van der Waals surface area (Å²) in [4.78, 5) is 61.8. The minimum absolute atomic E-state index is 0.128. The van der Waals surface area contributed by atoms with Crippen LogP contribution < -0.4 is 22.4 Å². The number of methoxy groups -OCH3 is 1. The molecule has 10 heteroatoms. The molecule has 1 amide bonds. The molecule has 0 bridgehead atoms. The van der Waals surface area contributed by atoms with Gasteiger partial charge in [0.15, 0.2) is 0 Å². The minimum Gasteiger partial charge on any atom is -0.465 e. The Morgan fingerprint density at radius 1 is 1.00 bits per heavy atom. The second-order valence-corrected chi connectivity index (χ2v) is 6.30. The van der Waals surface area contributed by atoms with Crippen LogP contribution >= 0.6 is 0 Å². The van der Waals surface area contributed by atoms with Gasteiger partial charge in [0.1, 0.15) is 6.54 Å². The number of aromatic nitrogens is 3. The highest BCUT2D eigenvalue weighted by molar-refractivity contribution is 5.95. The summed E-state index contributed by atoms with van der Waals surface area (Å²) in [6.07, 6.45) is 2.66. The van der Waals surface area contributed by atoms with Gasteiger partial charge in [-0.15, -0.1) is 13.2 Å². The second kappa shape index (κ2) is 9.50. The maximum atomic E-state index is 12.6. The van der Waals surface area contributed by atoms with E-state index in [1.54, 1.807) is 19.1 Å². The van der Waals surface area contributed by atoms with Crippen molar-refractivity contribution in [2.45, 2.75) is 26.6 Å². The molecule has 0 saturated heterocycles. The van der Waals surface area contributed by atoms with Crippen LogP contribution in [0.4, 0.5) is 5.69 Å². The van der Waals surface area contributed by atoms with Gasteiger partial charge in [-0.3, -0.25) is 4.79 Å². The van der Waals surface area contributed by atoms with Crippen molar-refractivity contribution >= 4 is 17.6 Å². The average Bonchev–Trinajstić information content (AvgIpc) is 2.72. The summed E-state index contributed by atoms with van der Waals surface area (Å²) in [5.74, 6) is -1.26. The molecule has 0 aliphatic heterocycles. The Bertz CT molecular complexity index is 1140. The van der Waals surface area contributed by atoms with Crippen LogP contribution in [0.5, 0.6) is 0 Å². The Morgan fingerprint density at radius 3 is 2.03 bits per heavy atom. The summed E-state index contributed by atoms with van der Waals surface area (Å²) < 4.78 is 6.91. The van der Waals surface area contributed by atoms with Gasteiger partial charge in [-0.2, -0.15) is 0 Å². The topological polar surface area (TPSA) is 121 Å². The van der Waals surface area contributed by atoms with E-state index in [0.717, 1.165) is 9.13 Å². The molecule has 2 rings (SSSR count). The number of esters is 1. The molecule has 30 heavy (non-hydrogen) atoms. The fourth-order valence-corrected chi connectivity index (χ4v) is 2.72. The van der Waals surface area contributed by atoms with E-state index in [4.69, 9.17) is 0 Å². The summed E-state index contributed by atoms with van der Waals surface area (Å²) in [6, 6.07) is 4.59. The number of carbonyl (C=O) groups is 2. The largest absolute Gasteiger partial charge is 0.465 e. The molecule has 1 heterocycles. The third-order valence-electron chi connectivity index (χ3n) is 4.24. The maximum absolute atomic E-state index is 12.6. The third kappa shape index (κ3) is 4.54. The summed E-state index contributed by atoms with van der Waals surface area (Å²) in [7, 11) is 1.24.